The minimum absolute atomic E-state index is 0.331. The van der Waals surface area contributed by atoms with Crippen molar-refractivity contribution in [1.82, 2.24) is 0 Å². The zero-order valence-corrected chi connectivity index (χ0v) is 12.7. The van der Waals surface area contributed by atoms with E-state index in [1.165, 1.54) is 7.11 Å². The molecule has 3 aromatic rings. The van der Waals surface area contributed by atoms with Crippen LogP contribution in [0.4, 0.5) is 0 Å². The second-order valence-corrected chi connectivity index (χ2v) is 5.27. The molecule has 0 radical (unpaired) electrons. The van der Waals surface area contributed by atoms with Crippen molar-refractivity contribution in [1.29, 1.82) is 5.26 Å². The lowest BCUT2D eigenvalue weighted by molar-refractivity contribution is 0.0600. The van der Waals surface area contributed by atoms with Crippen molar-refractivity contribution >= 4 is 16.9 Å². The maximum Gasteiger partial charge on any atom is 0.337 e. The van der Waals surface area contributed by atoms with Crippen molar-refractivity contribution in [3.63, 3.8) is 0 Å². The Morgan fingerprint density at radius 3 is 2.61 bits per heavy atom. The largest absolute Gasteiger partial charge is 0.465 e. The molecule has 0 unspecified atom stereocenters. The highest BCUT2D eigenvalue weighted by atomic mass is 16.5. The molecule has 4 nitrogen and oxygen atoms in total. The Morgan fingerprint density at radius 1 is 1.13 bits per heavy atom. The van der Waals surface area contributed by atoms with Gasteiger partial charge in [-0.15, -0.1) is 0 Å². The van der Waals surface area contributed by atoms with Crippen molar-refractivity contribution in [2.75, 3.05) is 7.11 Å². The monoisotopic (exact) mass is 305 g/mol. The molecule has 0 fully saturated rings. The van der Waals surface area contributed by atoms with Crippen LogP contribution in [0.15, 0.2) is 52.9 Å². The van der Waals surface area contributed by atoms with Crippen LogP contribution in [-0.2, 0) is 17.6 Å². The van der Waals surface area contributed by atoms with Crippen LogP contribution in [-0.4, -0.2) is 13.1 Å². The fourth-order valence-corrected chi connectivity index (χ4v) is 2.48. The minimum atomic E-state index is -0.331. The molecule has 1 aromatic heterocycles. The molecule has 0 aliphatic heterocycles. The molecule has 0 aliphatic rings. The lowest BCUT2D eigenvalue weighted by atomic mass is 10.1. The van der Waals surface area contributed by atoms with Gasteiger partial charge in [0.05, 0.1) is 24.3 Å². The predicted molar refractivity (Wildman–Crippen MR) is 86.1 cm³/mol. The van der Waals surface area contributed by atoms with Gasteiger partial charge in [-0.25, -0.2) is 4.79 Å². The Bertz CT molecular complexity index is 885. The predicted octanol–water partition coefficient (Wildman–Crippen LogP) is 3.88. The van der Waals surface area contributed by atoms with E-state index in [4.69, 9.17) is 9.68 Å². The summed E-state index contributed by atoms with van der Waals surface area (Å²) < 4.78 is 10.5. The van der Waals surface area contributed by atoms with E-state index >= 15 is 0 Å². The molecule has 1 heterocycles. The van der Waals surface area contributed by atoms with E-state index in [0.717, 1.165) is 35.1 Å². The van der Waals surface area contributed by atoms with Gasteiger partial charge < -0.3 is 9.15 Å². The van der Waals surface area contributed by atoms with E-state index < -0.39 is 0 Å². The normalized spacial score (nSPS) is 10.4. The topological polar surface area (TPSA) is 63.2 Å². The smallest absolute Gasteiger partial charge is 0.337 e. The highest BCUT2D eigenvalue weighted by Gasteiger charge is 2.07. The molecule has 0 aliphatic carbocycles. The third kappa shape index (κ3) is 3.24. The van der Waals surface area contributed by atoms with Gasteiger partial charge in [-0.3, -0.25) is 0 Å². The summed E-state index contributed by atoms with van der Waals surface area (Å²) in [7, 11) is 1.37. The second-order valence-electron chi connectivity index (χ2n) is 5.27. The molecular weight excluding hydrogens is 290 g/mol. The molecule has 0 N–H and O–H groups in total. The van der Waals surface area contributed by atoms with E-state index in [2.05, 4.69) is 10.8 Å². The minimum Gasteiger partial charge on any atom is -0.465 e. The highest BCUT2D eigenvalue weighted by molar-refractivity contribution is 5.89. The Labute approximate surface area is 133 Å². The number of benzene rings is 2. The molecule has 0 atom stereocenters. The third-order valence-corrected chi connectivity index (χ3v) is 3.73. The fraction of sp³-hybridized carbons (Fsp3) is 0.158. The average Bonchev–Trinajstić information content (AvgIpc) is 3.01. The van der Waals surface area contributed by atoms with Crippen molar-refractivity contribution < 1.29 is 13.9 Å². The van der Waals surface area contributed by atoms with Crippen LogP contribution in [0.1, 0.15) is 27.2 Å². The van der Waals surface area contributed by atoms with Crippen molar-refractivity contribution in [3.8, 4) is 6.07 Å². The summed E-state index contributed by atoms with van der Waals surface area (Å²) in [5.74, 6) is 0.550. The molecule has 4 heteroatoms. The summed E-state index contributed by atoms with van der Waals surface area (Å²) in [6, 6.07) is 16.9. The number of ether oxygens (including phenoxy) is 1. The van der Waals surface area contributed by atoms with E-state index in [1.807, 2.05) is 30.3 Å². The number of rotatable bonds is 4. The summed E-state index contributed by atoms with van der Waals surface area (Å²) in [6.07, 6.45) is 1.57. The number of nitrogens with zero attached hydrogens (tertiary/aromatic N) is 1. The first-order chi connectivity index (χ1) is 11.2. The number of carbonyl (C=O) groups excluding carboxylic acids is 1. The van der Waals surface area contributed by atoms with Crippen LogP contribution in [0.25, 0.3) is 11.0 Å². The SMILES string of the molecule is COC(=O)c1ccc(CCc2cc3cc(C#N)ccc3o2)cc1. The fourth-order valence-electron chi connectivity index (χ4n) is 2.48. The summed E-state index contributed by atoms with van der Waals surface area (Å²) in [5, 5.41) is 9.87. The van der Waals surface area contributed by atoms with E-state index in [9.17, 15) is 4.79 Å². The second kappa shape index (κ2) is 6.37. The number of carbonyl (C=O) groups is 1. The van der Waals surface area contributed by atoms with Gasteiger partial charge >= 0.3 is 5.97 Å². The number of hydrogen-bond donors (Lipinski definition) is 0. The number of esters is 1. The van der Waals surface area contributed by atoms with Gasteiger partial charge in [-0.1, -0.05) is 12.1 Å². The molecule has 0 amide bonds. The van der Waals surface area contributed by atoms with Crippen LogP contribution in [0, 0.1) is 11.3 Å². The number of furan rings is 1. The van der Waals surface area contributed by atoms with Crippen molar-refractivity contribution in [3.05, 3.63) is 71.0 Å². The van der Waals surface area contributed by atoms with Crippen LogP contribution in [0.2, 0.25) is 0 Å². The van der Waals surface area contributed by atoms with Crippen LogP contribution < -0.4 is 0 Å². The molecule has 0 bridgehead atoms. The molecule has 2 aromatic carbocycles. The number of methoxy groups -OCH3 is 1. The maximum atomic E-state index is 11.4. The first-order valence-electron chi connectivity index (χ1n) is 7.29. The van der Waals surface area contributed by atoms with Gasteiger partial charge in [0.15, 0.2) is 0 Å². The zero-order chi connectivity index (χ0) is 16.2. The standard InChI is InChI=1S/C19H15NO3/c1-22-19(21)15-6-2-13(3-7-15)4-8-17-11-16-10-14(12-20)5-9-18(16)23-17/h2-3,5-7,9-11H,4,8H2,1H3. The Balaban J connectivity index is 1.70. The lowest BCUT2D eigenvalue weighted by Crippen LogP contribution is -2.01. The molecule has 23 heavy (non-hydrogen) atoms. The van der Waals surface area contributed by atoms with E-state index in [0.29, 0.717) is 11.1 Å². The Kier molecular flexibility index (Phi) is 4.11. The Hall–Kier alpha value is -3.06. The molecule has 3 rings (SSSR count). The van der Waals surface area contributed by atoms with Crippen molar-refractivity contribution in [2.24, 2.45) is 0 Å². The van der Waals surface area contributed by atoms with Crippen molar-refractivity contribution in [2.45, 2.75) is 12.8 Å². The van der Waals surface area contributed by atoms with Gasteiger partial charge in [0.25, 0.3) is 0 Å². The summed E-state index contributed by atoms with van der Waals surface area (Å²) >= 11 is 0. The van der Waals surface area contributed by atoms with Crippen LogP contribution in [0.5, 0.6) is 0 Å². The molecule has 0 saturated heterocycles. The zero-order valence-electron chi connectivity index (χ0n) is 12.7. The summed E-state index contributed by atoms with van der Waals surface area (Å²) in [5.41, 5.74) is 3.09. The quantitative estimate of drug-likeness (QED) is 0.686. The van der Waals surface area contributed by atoms with Crippen LogP contribution in [0.3, 0.4) is 0 Å². The third-order valence-electron chi connectivity index (χ3n) is 3.73. The molecular formula is C19H15NO3. The summed E-state index contributed by atoms with van der Waals surface area (Å²) in [6.45, 7) is 0. The number of aryl methyl sites for hydroxylation is 2. The van der Waals surface area contributed by atoms with Gasteiger partial charge in [-0.05, 0) is 48.4 Å². The van der Waals surface area contributed by atoms with Gasteiger partial charge in [0.2, 0.25) is 0 Å². The molecule has 114 valence electrons. The first kappa shape index (κ1) is 14.9. The van der Waals surface area contributed by atoms with E-state index in [1.54, 1.807) is 18.2 Å². The number of hydrogen-bond acceptors (Lipinski definition) is 4. The lowest BCUT2D eigenvalue weighted by Gasteiger charge is -2.02. The van der Waals surface area contributed by atoms with Gasteiger partial charge in [0, 0.05) is 11.8 Å². The van der Waals surface area contributed by atoms with Crippen LogP contribution >= 0.6 is 0 Å². The first-order valence-corrected chi connectivity index (χ1v) is 7.29. The Morgan fingerprint density at radius 2 is 1.91 bits per heavy atom. The van der Waals surface area contributed by atoms with Gasteiger partial charge in [0.1, 0.15) is 11.3 Å². The maximum absolute atomic E-state index is 11.4. The van der Waals surface area contributed by atoms with E-state index in [-0.39, 0.29) is 5.97 Å². The average molecular weight is 305 g/mol. The molecule has 0 spiro atoms. The highest BCUT2D eigenvalue weighted by Crippen LogP contribution is 2.22. The summed E-state index contributed by atoms with van der Waals surface area (Å²) in [4.78, 5) is 11.4. The number of nitriles is 1. The van der Waals surface area contributed by atoms with Gasteiger partial charge in [-0.2, -0.15) is 5.26 Å². The molecule has 0 saturated carbocycles. The number of fused-ring (bicyclic) bond motifs is 1.